The van der Waals surface area contributed by atoms with Crippen LogP contribution in [-0.4, -0.2) is 36.6 Å². The molecule has 1 unspecified atom stereocenters. The fraction of sp³-hybridized carbons (Fsp3) is 1.00. The fourth-order valence-corrected chi connectivity index (χ4v) is 1.63. The fourth-order valence-electron chi connectivity index (χ4n) is 1.63. The second-order valence-corrected chi connectivity index (χ2v) is 4.37. The average molecular weight is 200 g/mol. The van der Waals surface area contributed by atoms with E-state index in [0.29, 0.717) is 12.1 Å². The molecule has 0 fully saturated rings. The molecule has 0 aromatic rings. The van der Waals surface area contributed by atoms with Crippen LogP contribution in [0.4, 0.5) is 0 Å². The summed E-state index contributed by atoms with van der Waals surface area (Å²) in [7, 11) is 0. The molecular formula is C12H28N2. The third-order valence-electron chi connectivity index (χ3n) is 2.73. The van der Waals surface area contributed by atoms with Gasteiger partial charge in [0.25, 0.3) is 0 Å². The van der Waals surface area contributed by atoms with Crippen LogP contribution in [0, 0.1) is 0 Å². The summed E-state index contributed by atoms with van der Waals surface area (Å²) in [5.74, 6) is 0. The topological polar surface area (TPSA) is 15.3 Å². The normalized spacial score (nSPS) is 13.9. The molecule has 0 heterocycles. The van der Waals surface area contributed by atoms with Gasteiger partial charge in [-0.15, -0.1) is 0 Å². The van der Waals surface area contributed by atoms with Crippen LogP contribution in [0.25, 0.3) is 0 Å². The second-order valence-electron chi connectivity index (χ2n) is 4.37. The molecule has 86 valence electrons. The summed E-state index contributed by atoms with van der Waals surface area (Å²) in [6.07, 6.45) is 2.48. The molecule has 1 N–H and O–H groups in total. The minimum atomic E-state index is 0.655. The first-order valence-corrected chi connectivity index (χ1v) is 6.09. The van der Waals surface area contributed by atoms with Gasteiger partial charge in [-0.3, -0.25) is 0 Å². The Morgan fingerprint density at radius 2 is 1.79 bits per heavy atom. The Morgan fingerprint density at radius 3 is 2.21 bits per heavy atom. The van der Waals surface area contributed by atoms with E-state index in [1.807, 2.05) is 0 Å². The number of nitrogens with zero attached hydrogens (tertiary/aromatic N) is 1. The summed E-state index contributed by atoms with van der Waals surface area (Å²) in [6.45, 7) is 14.8. The van der Waals surface area contributed by atoms with Gasteiger partial charge in [0.1, 0.15) is 0 Å². The monoisotopic (exact) mass is 200 g/mol. The zero-order valence-corrected chi connectivity index (χ0v) is 10.6. The van der Waals surface area contributed by atoms with E-state index in [1.54, 1.807) is 0 Å². The second kappa shape index (κ2) is 8.25. The summed E-state index contributed by atoms with van der Waals surface area (Å²) < 4.78 is 0. The molecule has 0 saturated heterocycles. The third kappa shape index (κ3) is 6.39. The highest BCUT2D eigenvalue weighted by molar-refractivity contribution is 4.66. The summed E-state index contributed by atoms with van der Waals surface area (Å²) in [5.41, 5.74) is 0. The van der Waals surface area contributed by atoms with Crippen molar-refractivity contribution in [2.45, 2.75) is 59.5 Å². The van der Waals surface area contributed by atoms with Gasteiger partial charge in [-0.25, -0.2) is 0 Å². The molecule has 0 saturated carbocycles. The Bertz CT molecular complexity index is 123. The summed E-state index contributed by atoms with van der Waals surface area (Å²) >= 11 is 0. The van der Waals surface area contributed by atoms with Crippen molar-refractivity contribution in [2.24, 2.45) is 0 Å². The molecule has 2 nitrogen and oxygen atoms in total. The minimum Gasteiger partial charge on any atom is -0.314 e. The van der Waals surface area contributed by atoms with Gasteiger partial charge < -0.3 is 10.2 Å². The number of nitrogens with one attached hydrogen (secondary N) is 1. The Morgan fingerprint density at radius 1 is 1.14 bits per heavy atom. The lowest BCUT2D eigenvalue weighted by Gasteiger charge is -2.26. The van der Waals surface area contributed by atoms with Crippen LogP contribution >= 0.6 is 0 Å². The van der Waals surface area contributed by atoms with Gasteiger partial charge in [0.2, 0.25) is 0 Å². The molecule has 0 aliphatic rings. The molecule has 0 radical (unpaired) electrons. The van der Waals surface area contributed by atoms with Gasteiger partial charge in [-0.1, -0.05) is 13.8 Å². The number of hydrogen-bond donors (Lipinski definition) is 1. The highest BCUT2D eigenvalue weighted by Gasteiger charge is 2.08. The highest BCUT2D eigenvalue weighted by atomic mass is 15.1. The molecule has 0 bridgehead atoms. The SMILES string of the molecule is CCCNC(C)CCN(CC)C(C)C. The van der Waals surface area contributed by atoms with Crippen LogP contribution in [0.15, 0.2) is 0 Å². The Labute approximate surface area is 90.1 Å². The van der Waals surface area contributed by atoms with Crippen LogP contribution in [-0.2, 0) is 0 Å². The lowest BCUT2D eigenvalue weighted by molar-refractivity contribution is 0.222. The molecule has 0 aliphatic carbocycles. The first-order valence-electron chi connectivity index (χ1n) is 6.09. The van der Waals surface area contributed by atoms with Crippen molar-refractivity contribution in [2.75, 3.05) is 19.6 Å². The molecule has 0 aliphatic heterocycles. The van der Waals surface area contributed by atoms with E-state index in [1.165, 1.54) is 19.4 Å². The van der Waals surface area contributed by atoms with E-state index in [0.717, 1.165) is 13.1 Å². The quantitative estimate of drug-likeness (QED) is 0.647. The van der Waals surface area contributed by atoms with Gasteiger partial charge >= 0.3 is 0 Å². The van der Waals surface area contributed by atoms with Gasteiger partial charge in [0.15, 0.2) is 0 Å². The van der Waals surface area contributed by atoms with Crippen LogP contribution < -0.4 is 5.32 Å². The van der Waals surface area contributed by atoms with Crippen molar-refractivity contribution < 1.29 is 0 Å². The van der Waals surface area contributed by atoms with Crippen molar-refractivity contribution in [1.82, 2.24) is 10.2 Å². The Kier molecular flexibility index (Phi) is 8.20. The molecule has 0 spiro atoms. The number of rotatable bonds is 8. The van der Waals surface area contributed by atoms with Crippen molar-refractivity contribution in [1.29, 1.82) is 0 Å². The zero-order chi connectivity index (χ0) is 11.0. The van der Waals surface area contributed by atoms with Gasteiger partial charge in [-0.05, 0) is 53.2 Å². The lowest BCUT2D eigenvalue weighted by Crippen LogP contribution is -2.36. The van der Waals surface area contributed by atoms with Crippen molar-refractivity contribution >= 4 is 0 Å². The molecule has 0 amide bonds. The molecule has 2 heteroatoms. The number of hydrogen-bond acceptors (Lipinski definition) is 2. The van der Waals surface area contributed by atoms with Crippen LogP contribution in [0.3, 0.4) is 0 Å². The van der Waals surface area contributed by atoms with Crippen molar-refractivity contribution in [3.05, 3.63) is 0 Å². The van der Waals surface area contributed by atoms with Crippen LogP contribution in [0.2, 0.25) is 0 Å². The lowest BCUT2D eigenvalue weighted by atomic mass is 10.2. The average Bonchev–Trinajstić information content (AvgIpc) is 2.15. The van der Waals surface area contributed by atoms with Gasteiger partial charge in [0.05, 0.1) is 0 Å². The van der Waals surface area contributed by atoms with E-state index < -0.39 is 0 Å². The summed E-state index contributed by atoms with van der Waals surface area (Å²) in [4.78, 5) is 2.52. The summed E-state index contributed by atoms with van der Waals surface area (Å²) in [5, 5.41) is 3.52. The molecule has 14 heavy (non-hydrogen) atoms. The first-order chi connectivity index (χ1) is 6.61. The van der Waals surface area contributed by atoms with Gasteiger partial charge in [-0.2, -0.15) is 0 Å². The molecule has 0 rings (SSSR count). The zero-order valence-electron chi connectivity index (χ0n) is 10.6. The maximum atomic E-state index is 3.52. The standard InChI is InChI=1S/C12H28N2/c1-6-9-13-12(5)8-10-14(7-2)11(3)4/h11-13H,6-10H2,1-5H3. The predicted molar refractivity (Wildman–Crippen MR) is 64.8 cm³/mol. The first kappa shape index (κ1) is 13.9. The third-order valence-corrected chi connectivity index (χ3v) is 2.73. The summed E-state index contributed by atoms with van der Waals surface area (Å²) in [6, 6.07) is 1.33. The predicted octanol–water partition coefficient (Wildman–Crippen LogP) is 2.49. The molecule has 0 aromatic heterocycles. The van der Waals surface area contributed by atoms with E-state index >= 15 is 0 Å². The van der Waals surface area contributed by atoms with Crippen LogP contribution in [0.1, 0.15) is 47.5 Å². The maximum absolute atomic E-state index is 3.52. The highest BCUT2D eigenvalue weighted by Crippen LogP contribution is 2.01. The molecule has 0 aromatic carbocycles. The van der Waals surface area contributed by atoms with Crippen LogP contribution in [0.5, 0.6) is 0 Å². The van der Waals surface area contributed by atoms with E-state index in [4.69, 9.17) is 0 Å². The Hall–Kier alpha value is -0.0800. The molecular weight excluding hydrogens is 172 g/mol. The van der Waals surface area contributed by atoms with Gasteiger partial charge in [0, 0.05) is 12.1 Å². The smallest absolute Gasteiger partial charge is 0.00509 e. The minimum absolute atomic E-state index is 0.655. The Balaban J connectivity index is 3.57. The van der Waals surface area contributed by atoms with E-state index in [-0.39, 0.29) is 0 Å². The van der Waals surface area contributed by atoms with Crippen molar-refractivity contribution in [3.8, 4) is 0 Å². The molecule has 1 atom stereocenters. The maximum Gasteiger partial charge on any atom is 0.00509 e. The van der Waals surface area contributed by atoms with E-state index in [2.05, 4.69) is 44.8 Å². The largest absolute Gasteiger partial charge is 0.314 e. The van der Waals surface area contributed by atoms with Crippen molar-refractivity contribution in [3.63, 3.8) is 0 Å². The van der Waals surface area contributed by atoms with E-state index in [9.17, 15) is 0 Å².